The Morgan fingerprint density at radius 3 is 2.43 bits per heavy atom. The number of pyridine rings is 1. The number of halogens is 3. The minimum atomic E-state index is -4.38. The monoisotopic (exact) mass is 385 g/mol. The van der Waals surface area contributed by atoms with E-state index in [-0.39, 0.29) is 17.0 Å². The van der Waals surface area contributed by atoms with Crippen LogP contribution in [0.15, 0.2) is 42.6 Å². The van der Waals surface area contributed by atoms with E-state index in [9.17, 15) is 18.4 Å². The maximum absolute atomic E-state index is 12.7. The Labute approximate surface area is 160 Å². The molecule has 144 valence electrons. The predicted molar refractivity (Wildman–Crippen MR) is 98.1 cm³/mol. The summed E-state index contributed by atoms with van der Waals surface area (Å²) in [5, 5.41) is 17.1. The third kappa shape index (κ3) is 3.52. The van der Waals surface area contributed by atoms with Crippen LogP contribution in [0, 0.1) is 11.3 Å². The third-order valence-electron chi connectivity index (χ3n) is 5.20. The minimum absolute atomic E-state index is 0.171. The molecule has 3 heterocycles. The second kappa shape index (κ2) is 7.15. The fraction of sp³-hybridized carbons (Fsp3) is 0.350. The quantitative estimate of drug-likeness (QED) is 0.681. The van der Waals surface area contributed by atoms with Crippen molar-refractivity contribution in [2.45, 2.75) is 31.4 Å². The van der Waals surface area contributed by atoms with E-state index in [1.165, 1.54) is 16.2 Å². The second-order valence-electron chi connectivity index (χ2n) is 6.96. The normalized spacial score (nSPS) is 15.7. The molecule has 0 spiro atoms. The van der Waals surface area contributed by atoms with Crippen LogP contribution in [0.4, 0.5) is 18.9 Å². The molecule has 1 fully saturated rings. The van der Waals surface area contributed by atoms with Crippen LogP contribution < -0.4 is 4.90 Å². The standard InChI is InChI=1S/C20H18F3N5/c21-20(22,23)12-18-25-26-19-16(13-24)17(8-11-28(18)19)27-9-6-15(7-10-27)14-4-2-1-3-5-14/h1-5,8,11,15H,6-7,9-10,12H2. The van der Waals surface area contributed by atoms with E-state index >= 15 is 0 Å². The lowest BCUT2D eigenvalue weighted by atomic mass is 9.89. The fourth-order valence-corrected chi connectivity index (χ4v) is 3.84. The molecule has 4 rings (SSSR count). The van der Waals surface area contributed by atoms with Gasteiger partial charge in [0.1, 0.15) is 23.9 Å². The summed E-state index contributed by atoms with van der Waals surface area (Å²) in [6.45, 7) is 1.54. The van der Waals surface area contributed by atoms with Gasteiger partial charge in [-0.3, -0.25) is 4.40 Å². The van der Waals surface area contributed by atoms with Gasteiger partial charge in [0, 0.05) is 19.3 Å². The van der Waals surface area contributed by atoms with Gasteiger partial charge in [-0.2, -0.15) is 18.4 Å². The number of hydrogen-bond acceptors (Lipinski definition) is 4. The Hall–Kier alpha value is -3.08. The van der Waals surface area contributed by atoms with Crippen molar-refractivity contribution in [3.63, 3.8) is 0 Å². The highest BCUT2D eigenvalue weighted by Gasteiger charge is 2.31. The van der Waals surface area contributed by atoms with Crippen LogP contribution in [0.25, 0.3) is 5.65 Å². The number of alkyl halides is 3. The average molecular weight is 385 g/mol. The molecule has 2 aromatic heterocycles. The number of nitrogens with zero attached hydrogens (tertiary/aromatic N) is 5. The first-order valence-corrected chi connectivity index (χ1v) is 9.09. The molecule has 0 aliphatic carbocycles. The smallest absolute Gasteiger partial charge is 0.370 e. The molecular weight excluding hydrogens is 367 g/mol. The molecule has 1 saturated heterocycles. The molecule has 0 radical (unpaired) electrons. The number of nitriles is 1. The summed E-state index contributed by atoms with van der Waals surface area (Å²) in [4.78, 5) is 2.11. The molecule has 1 aromatic carbocycles. The molecule has 5 nitrogen and oxygen atoms in total. The summed E-state index contributed by atoms with van der Waals surface area (Å²) in [6.07, 6.45) is -2.14. The number of benzene rings is 1. The van der Waals surface area contributed by atoms with Gasteiger partial charge in [-0.05, 0) is 30.4 Å². The van der Waals surface area contributed by atoms with Gasteiger partial charge in [0.05, 0.1) is 5.69 Å². The van der Waals surface area contributed by atoms with Gasteiger partial charge >= 0.3 is 6.18 Å². The summed E-state index contributed by atoms with van der Waals surface area (Å²) in [6, 6.07) is 14.1. The van der Waals surface area contributed by atoms with E-state index < -0.39 is 12.6 Å². The summed E-state index contributed by atoms with van der Waals surface area (Å²) < 4.78 is 39.4. The number of rotatable bonds is 3. The lowest BCUT2D eigenvalue weighted by Gasteiger charge is -2.34. The van der Waals surface area contributed by atoms with E-state index in [0.29, 0.717) is 11.6 Å². The van der Waals surface area contributed by atoms with Crippen molar-refractivity contribution in [2.24, 2.45) is 0 Å². The topological polar surface area (TPSA) is 57.2 Å². The van der Waals surface area contributed by atoms with Crippen molar-refractivity contribution in [1.29, 1.82) is 5.26 Å². The lowest BCUT2D eigenvalue weighted by molar-refractivity contribution is -0.128. The van der Waals surface area contributed by atoms with Crippen molar-refractivity contribution in [1.82, 2.24) is 14.6 Å². The maximum atomic E-state index is 12.7. The molecule has 28 heavy (non-hydrogen) atoms. The van der Waals surface area contributed by atoms with Crippen LogP contribution in [-0.4, -0.2) is 33.9 Å². The van der Waals surface area contributed by atoms with Crippen molar-refractivity contribution in [3.05, 3.63) is 59.5 Å². The molecule has 0 amide bonds. The summed E-state index contributed by atoms with van der Waals surface area (Å²) in [5.41, 5.74) is 2.45. The van der Waals surface area contributed by atoms with Gasteiger partial charge in [-0.1, -0.05) is 30.3 Å². The maximum Gasteiger partial charge on any atom is 0.396 e. The molecule has 0 N–H and O–H groups in total. The summed E-state index contributed by atoms with van der Waals surface area (Å²) >= 11 is 0. The van der Waals surface area contributed by atoms with Crippen LogP contribution in [0.2, 0.25) is 0 Å². The first-order chi connectivity index (χ1) is 13.5. The SMILES string of the molecule is N#Cc1c(N2CCC(c3ccccc3)CC2)ccn2c(CC(F)(F)F)nnc12. The van der Waals surface area contributed by atoms with E-state index in [4.69, 9.17) is 0 Å². The summed E-state index contributed by atoms with van der Waals surface area (Å²) in [5.74, 6) is 0.256. The zero-order valence-corrected chi connectivity index (χ0v) is 15.0. The van der Waals surface area contributed by atoms with Crippen LogP contribution in [-0.2, 0) is 6.42 Å². The zero-order valence-electron chi connectivity index (χ0n) is 15.0. The van der Waals surface area contributed by atoms with Crippen molar-refractivity contribution in [3.8, 4) is 6.07 Å². The Bertz CT molecular complexity index is 1010. The molecule has 8 heteroatoms. The van der Waals surface area contributed by atoms with Crippen molar-refractivity contribution >= 4 is 11.3 Å². The molecule has 0 atom stereocenters. The number of fused-ring (bicyclic) bond motifs is 1. The van der Waals surface area contributed by atoms with Crippen molar-refractivity contribution in [2.75, 3.05) is 18.0 Å². The lowest BCUT2D eigenvalue weighted by Crippen LogP contribution is -2.33. The van der Waals surface area contributed by atoms with Crippen LogP contribution in [0.3, 0.4) is 0 Å². The number of hydrogen-bond donors (Lipinski definition) is 0. The van der Waals surface area contributed by atoms with Gasteiger partial charge in [-0.15, -0.1) is 10.2 Å². The fourth-order valence-electron chi connectivity index (χ4n) is 3.84. The third-order valence-corrected chi connectivity index (χ3v) is 5.20. The highest BCUT2D eigenvalue weighted by atomic mass is 19.4. The van der Waals surface area contributed by atoms with Crippen molar-refractivity contribution < 1.29 is 13.2 Å². The molecule has 0 saturated carbocycles. The highest BCUT2D eigenvalue weighted by Crippen LogP contribution is 2.33. The van der Waals surface area contributed by atoms with Gasteiger partial charge in [0.2, 0.25) is 0 Å². The van der Waals surface area contributed by atoms with Gasteiger partial charge in [0.25, 0.3) is 0 Å². The highest BCUT2D eigenvalue weighted by molar-refractivity contribution is 5.71. The van der Waals surface area contributed by atoms with E-state index in [2.05, 4.69) is 33.3 Å². The first-order valence-electron chi connectivity index (χ1n) is 9.09. The number of piperidine rings is 1. The molecule has 3 aromatic rings. The van der Waals surface area contributed by atoms with Gasteiger partial charge < -0.3 is 4.90 Å². The largest absolute Gasteiger partial charge is 0.396 e. The molecule has 0 bridgehead atoms. The number of aromatic nitrogens is 3. The molecular formula is C20H18F3N5. The molecule has 1 aliphatic heterocycles. The Balaban J connectivity index is 1.59. The zero-order chi connectivity index (χ0) is 19.7. The van der Waals surface area contributed by atoms with Gasteiger partial charge in [0.15, 0.2) is 5.65 Å². The van der Waals surface area contributed by atoms with Crippen LogP contribution >= 0.6 is 0 Å². The second-order valence-corrected chi connectivity index (χ2v) is 6.96. The van der Waals surface area contributed by atoms with Crippen LogP contribution in [0.5, 0.6) is 0 Å². The minimum Gasteiger partial charge on any atom is -0.370 e. The molecule has 1 aliphatic rings. The Kier molecular flexibility index (Phi) is 4.67. The van der Waals surface area contributed by atoms with E-state index in [1.807, 2.05) is 18.2 Å². The van der Waals surface area contributed by atoms with Crippen LogP contribution in [0.1, 0.15) is 35.7 Å². The average Bonchev–Trinajstić information content (AvgIpc) is 3.09. The van der Waals surface area contributed by atoms with E-state index in [1.54, 1.807) is 6.07 Å². The summed E-state index contributed by atoms with van der Waals surface area (Å²) in [7, 11) is 0. The Morgan fingerprint density at radius 2 is 1.79 bits per heavy atom. The Morgan fingerprint density at radius 1 is 1.07 bits per heavy atom. The predicted octanol–water partition coefficient (Wildman–Crippen LogP) is 4.09. The van der Waals surface area contributed by atoms with E-state index in [0.717, 1.165) is 25.9 Å². The first kappa shape index (κ1) is 18.3. The molecule has 0 unspecified atom stereocenters. The van der Waals surface area contributed by atoms with Gasteiger partial charge in [-0.25, -0.2) is 0 Å². The number of anilines is 1.